The number of halogens is 3. The summed E-state index contributed by atoms with van der Waals surface area (Å²) in [6, 6.07) is 12.6. The quantitative estimate of drug-likeness (QED) is 0.617. The van der Waals surface area contributed by atoms with Crippen LogP contribution in [0.3, 0.4) is 0 Å². The lowest BCUT2D eigenvalue weighted by atomic mass is 10.0. The molecule has 2 aliphatic rings. The van der Waals surface area contributed by atoms with Crippen LogP contribution in [0.15, 0.2) is 48.7 Å². The Balaban J connectivity index is 1.11. The third-order valence-electron chi connectivity index (χ3n) is 6.93. The molecule has 2 saturated heterocycles. The Hall–Kier alpha value is -2.91. The maximum absolute atomic E-state index is 12.8. The van der Waals surface area contributed by atoms with E-state index in [-0.39, 0.29) is 5.75 Å². The molecule has 9 heteroatoms. The number of benzene rings is 1. The molecule has 2 aliphatic heterocycles. The smallest absolute Gasteiger partial charge is 0.417 e. The van der Waals surface area contributed by atoms with Gasteiger partial charge in [-0.1, -0.05) is 18.2 Å². The number of aromatic nitrogens is 2. The molecular formula is C25H28F3N5O. The second-order valence-corrected chi connectivity index (χ2v) is 9.08. The molecule has 1 N–H and O–H groups in total. The fourth-order valence-corrected chi connectivity index (χ4v) is 4.99. The highest BCUT2D eigenvalue weighted by Gasteiger charge is 2.32. The third kappa shape index (κ3) is 4.95. The number of piperazine rings is 1. The molecule has 0 aliphatic carbocycles. The van der Waals surface area contributed by atoms with Gasteiger partial charge >= 0.3 is 6.18 Å². The molecule has 34 heavy (non-hydrogen) atoms. The second-order valence-electron chi connectivity index (χ2n) is 9.08. The molecule has 0 bridgehead atoms. The van der Waals surface area contributed by atoms with Crippen molar-refractivity contribution in [3.8, 4) is 5.75 Å². The monoisotopic (exact) mass is 471 g/mol. The molecule has 0 atom stereocenters. The van der Waals surface area contributed by atoms with Crippen LogP contribution < -0.4 is 4.90 Å². The fourth-order valence-electron chi connectivity index (χ4n) is 4.99. The number of hydrogen-bond donors (Lipinski definition) is 1. The molecular weight excluding hydrogens is 443 g/mol. The molecule has 180 valence electrons. The number of phenols is 1. The number of aromatic hydroxyl groups is 1. The first-order chi connectivity index (χ1) is 16.4. The van der Waals surface area contributed by atoms with Crippen molar-refractivity contribution in [1.82, 2.24) is 19.8 Å². The highest BCUT2D eigenvalue weighted by Crippen LogP contribution is 2.30. The van der Waals surface area contributed by atoms with Crippen molar-refractivity contribution in [1.29, 1.82) is 0 Å². The van der Waals surface area contributed by atoms with Gasteiger partial charge in [0.2, 0.25) is 0 Å². The van der Waals surface area contributed by atoms with E-state index < -0.39 is 11.7 Å². The zero-order valence-corrected chi connectivity index (χ0v) is 18.9. The number of nitrogens with zero attached hydrogens (tertiary/aromatic N) is 5. The summed E-state index contributed by atoms with van der Waals surface area (Å²) in [5, 5.41) is 11.0. The molecule has 0 amide bonds. The van der Waals surface area contributed by atoms with Gasteiger partial charge in [0.15, 0.2) is 0 Å². The van der Waals surface area contributed by atoms with Crippen molar-refractivity contribution >= 4 is 16.7 Å². The molecule has 0 radical (unpaired) electrons. The lowest BCUT2D eigenvalue weighted by Crippen LogP contribution is -2.53. The van der Waals surface area contributed by atoms with Crippen molar-refractivity contribution in [3.63, 3.8) is 0 Å². The minimum Gasteiger partial charge on any atom is -0.506 e. The molecule has 2 aromatic heterocycles. The topological polar surface area (TPSA) is 55.7 Å². The van der Waals surface area contributed by atoms with E-state index in [2.05, 4.69) is 24.7 Å². The van der Waals surface area contributed by atoms with Crippen LogP contribution in [0.1, 0.15) is 24.1 Å². The van der Waals surface area contributed by atoms with Crippen molar-refractivity contribution in [2.75, 3.05) is 44.2 Å². The van der Waals surface area contributed by atoms with Crippen LogP contribution in [0.5, 0.6) is 5.75 Å². The first kappa shape index (κ1) is 22.9. The average Bonchev–Trinajstić information content (AvgIpc) is 2.85. The Morgan fingerprint density at radius 2 is 1.68 bits per heavy atom. The van der Waals surface area contributed by atoms with Gasteiger partial charge in [-0.15, -0.1) is 0 Å². The number of anilines is 1. The summed E-state index contributed by atoms with van der Waals surface area (Å²) in [5.74, 6) is 0.820. The Morgan fingerprint density at radius 1 is 0.912 bits per heavy atom. The van der Waals surface area contributed by atoms with E-state index in [0.717, 1.165) is 82.0 Å². The van der Waals surface area contributed by atoms with Crippen LogP contribution in [0, 0.1) is 0 Å². The van der Waals surface area contributed by atoms with E-state index in [1.807, 2.05) is 24.3 Å². The van der Waals surface area contributed by atoms with Gasteiger partial charge in [-0.25, -0.2) is 9.97 Å². The highest BCUT2D eigenvalue weighted by atomic mass is 19.4. The summed E-state index contributed by atoms with van der Waals surface area (Å²) < 4.78 is 38.3. The van der Waals surface area contributed by atoms with Gasteiger partial charge in [0.05, 0.1) is 11.3 Å². The van der Waals surface area contributed by atoms with Crippen LogP contribution >= 0.6 is 0 Å². The molecule has 0 unspecified atom stereocenters. The summed E-state index contributed by atoms with van der Waals surface area (Å²) in [5.41, 5.74) is 0.901. The number of rotatable bonds is 4. The van der Waals surface area contributed by atoms with Gasteiger partial charge in [-0.3, -0.25) is 9.80 Å². The average molecular weight is 472 g/mol. The Morgan fingerprint density at radius 3 is 2.35 bits per heavy atom. The minimum atomic E-state index is -4.36. The van der Waals surface area contributed by atoms with Crippen molar-refractivity contribution < 1.29 is 18.3 Å². The van der Waals surface area contributed by atoms with Gasteiger partial charge in [-0.05, 0) is 37.1 Å². The van der Waals surface area contributed by atoms with Gasteiger partial charge in [0.25, 0.3) is 0 Å². The molecule has 4 heterocycles. The summed E-state index contributed by atoms with van der Waals surface area (Å²) >= 11 is 0. The second kappa shape index (κ2) is 9.38. The molecule has 0 spiro atoms. The molecule has 3 aromatic rings. The van der Waals surface area contributed by atoms with E-state index in [9.17, 15) is 18.3 Å². The van der Waals surface area contributed by atoms with Crippen molar-refractivity contribution in [2.45, 2.75) is 31.6 Å². The number of alkyl halides is 3. The zero-order chi connectivity index (χ0) is 23.7. The van der Waals surface area contributed by atoms with Crippen LogP contribution in [0.2, 0.25) is 0 Å². The Labute approximate surface area is 196 Å². The summed E-state index contributed by atoms with van der Waals surface area (Å²) in [7, 11) is 0. The standard InChI is InChI=1S/C25H28F3N5O/c26-25(27,28)19-5-7-23(29-16-19)33-14-12-32(13-15-33)21-8-10-31(11-9-21)17-20-6-4-18-2-1-3-22(34)24(18)30-20/h1-7,16,21,34H,8-15,17H2. The minimum absolute atomic E-state index is 0.212. The molecule has 1 aromatic carbocycles. The lowest BCUT2D eigenvalue weighted by Gasteiger charge is -2.43. The predicted molar refractivity (Wildman–Crippen MR) is 125 cm³/mol. The number of likely N-dealkylation sites (tertiary alicyclic amines) is 1. The third-order valence-corrected chi connectivity index (χ3v) is 6.93. The zero-order valence-electron chi connectivity index (χ0n) is 18.9. The van der Waals surface area contributed by atoms with Gasteiger partial charge in [0, 0.05) is 63.4 Å². The molecule has 2 fully saturated rings. The SMILES string of the molecule is Oc1cccc2ccc(CN3CCC(N4CCN(c5ccc(C(F)(F)F)cn5)CC4)CC3)nc12. The predicted octanol–water partition coefficient (Wildman–Crippen LogP) is 4.14. The number of para-hydroxylation sites is 1. The van der Waals surface area contributed by atoms with Gasteiger partial charge in [-0.2, -0.15) is 13.2 Å². The van der Waals surface area contributed by atoms with E-state index in [0.29, 0.717) is 17.4 Å². The van der Waals surface area contributed by atoms with E-state index in [4.69, 9.17) is 0 Å². The van der Waals surface area contributed by atoms with Crippen LogP contribution in [-0.2, 0) is 12.7 Å². The normalized spacial score (nSPS) is 19.1. The highest BCUT2D eigenvalue weighted by molar-refractivity contribution is 5.84. The van der Waals surface area contributed by atoms with Crippen molar-refractivity contribution in [2.24, 2.45) is 0 Å². The number of pyridine rings is 2. The number of phenolic OH excluding ortho intramolecular Hbond substituents is 1. The van der Waals surface area contributed by atoms with Gasteiger partial charge < -0.3 is 10.0 Å². The Kier molecular flexibility index (Phi) is 6.31. The largest absolute Gasteiger partial charge is 0.506 e. The number of hydrogen-bond acceptors (Lipinski definition) is 6. The summed E-state index contributed by atoms with van der Waals surface area (Å²) in [6.07, 6.45) is -1.27. The fraction of sp³-hybridized carbons (Fsp3) is 0.440. The first-order valence-electron chi connectivity index (χ1n) is 11.7. The van der Waals surface area contributed by atoms with Crippen LogP contribution in [0.25, 0.3) is 10.9 Å². The Bertz CT molecular complexity index is 1120. The summed E-state index contributed by atoms with van der Waals surface area (Å²) in [4.78, 5) is 15.7. The van der Waals surface area contributed by atoms with Crippen LogP contribution in [0.4, 0.5) is 19.0 Å². The van der Waals surface area contributed by atoms with Crippen LogP contribution in [-0.4, -0.2) is 70.2 Å². The van der Waals surface area contributed by atoms with E-state index in [1.54, 1.807) is 6.07 Å². The molecule has 6 nitrogen and oxygen atoms in total. The molecule has 5 rings (SSSR count). The maximum Gasteiger partial charge on any atom is 0.417 e. The van der Waals surface area contributed by atoms with E-state index >= 15 is 0 Å². The van der Waals surface area contributed by atoms with Crippen molar-refractivity contribution in [3.05, 3.63) is 59.9 Å². The van der Waals surface area contributed by atoms with Gasteiger partial charge in [0.1, 0.15) is 17.1 Å². The molecule has 0 saturated carbocycles. The number of piperidine rings is 1. The maximum atomic E-state index is 12.8. The lowest BCUT2D eigenvalue weighted by molar-refractivity contribution is -0.137. The van der Waals surface area contributed by atoms with E-state index in [1.165, 1.54) is 6.07 Å². The number of fused-ring (bicyclic) bond motifs is 1. The first-order valence-corrected chi connectivity index (χ1v) is 11.7. The summed E-state index contributed by atoms with van der Waals surface area (Å²) in [6.45, 7) is 6.06.